The molecule has 0 unspecified atom stereocenters. The van der Waals surface area contributed by atoms with Gasteiger partial charge >= 0.3 is 17.9 Å². The molecular weight excluding hydrogens is 392 g/mol. The summed E-state index contributed by atoms with van der Waals surface area (Å²) in [5, 5.41) is 0. The fourth-order valence-electron chi connectivity index (χ4n) is 2.39. The molecule has 0 amide bonds. The minimum absolute atomic E-state index is 0.00372. The molecule has 0 aliphatic heterocycles. The summed E-state index contributed by atoms with van der Waals surface area (Å²) in [6.45, 7) is 5.04. The zero-order valence-corrected chi connectivity index (χ0v) is 17.3. The van der Waals surface area contributed by atoms with E-state index in [0.29, 0.717) is 0 Å². The minimum atomic E-state index is -0.940. The molecule has 0 aliphatic rings. The van der Waals surface area contributed by atoms with Crippen LogP contribution in [0.4, 0.5) is 0 Å². The van der Waals surface area contributed by atoms with Gasteiger partial charge in [0.2, 0.25) is 0 Å². The first kappa shape index (κ1) is 22.8. The van der Waals surface area contributed by atoms with Gasteiger partial charge < -0.3 is 9.47 Å². The number of carbonyl (C=O) groups is 4. The molecule has 0 spiro atoms. The highest BCUT2D eigenvalue weighted by atomic mass is 17.2. The normalized spacial score (nSPS) is 10.8. The molecule has 2 aromatic carbocycles. The monoisotopic (exact) mass is 414 g/mol. The molecule has 8 nitrogen and oxygen atoms in total. The first-order chi connectivity index (χ1) is 14.1. The minimum Gasteiger partial charge on any atom is -0.465 e. The molecule has 0 saturated carbocycles. The zero-order valence-electron chi connectivity index (χ0n) is 17.3. The highest BCUT2D eigenvalue weighted by Crippen LogP contribution is 2.20. The number of hydrogen-bond donors (Lipinski definition) is 0. The Hall–Kier alpha value is -3.52. The fourth-order valence-corrected chi connectivity index (χ4v) is 2.39. The Bertz CT molecular complexity index is 968. The molecule has 30 heavy (non-hydrogen) atoms. The third-order valence-electron chi connectivity index (χ3n) is 3.84. The van der Waals surface area contributed by atoms with E-state index < -0.39 is 29.3 Å². The molecular formula is C22H22O8. The van der Waals surface area contributed by atoms with Crippen molar-refractivity contribution in [3.8, 4) is 0 Å². The van der Waals surface area contributed by atoms with E-state index in [0.717, 1.165) is 0 Å². The van der Waals surface area contributed by atoms with Crippen LogP contribution in [0, 0.1) is 0 Å². The van der Waals surface area contributed by atoms with Crippen molar-refractivity contribution in [2.24, 2.45) is 0 Å². The molecule has 0 radical (unpaired) electrons. The average molecular weight is 414 g/mol. The van der Waals surface area contributed by atoms with Crippen LogP contribution in [-0.4, -0.2) is 43.5 Å². The van der Waals surface area contributed by atoms with Gasteiger partial charge in [-0.2, -0.15) is 4.89 Å². The molecule has 0 N–H and O–H groups in total. The maximum atomic E-state index is 13.0. The third kappa shape index (κ3) is 5.51. The molecule has 0 fully saturated rings. The molecule has 158 valence electrons. The summed E-state index contributed by atoms with van der Waals surface area (Å²) in [7, 11) is 2.45. The Balaban J connectivity index is 2.44. The average Bonchev–Trinajstić information content (AvgIpc) is 2.75. The van der Waals surface area contributed by atoms with Crippen molar-refractivity contribution in [2.75, 3.05) is 14.2 Å². The zero-order chi connectivity index (χ0) is 22.5. The van der Waals surface area contributed by atoms with Crippen molar-refractivity contribution >= 4 is 23.7 Å². The Morgan fingerprint density at radius 1 is 0.667 bits per heavy atom. The van der Waals surface area contributed by atoms with E-state index >= 15 is 0 Å². The molecule has 0 aromatic heterocycles. The lowest BCUT2D eigenvalue weighted by molar-refractivity contribution is -0.301. The lowest BCUT2D eigenvalue weighted by atomic mass is 9.96. The smallest absolute Gasteiger partial charge is 0.373 e. The maximum Gasteiger partial charge on any atom is 0.373 e. The predicted molar refractivity (Wildman–Crippen MR) is 105 cm³/mol. The Morgan fingerprint density at radius 2 is 1.17 bits per heavy atom. The fraction of sp³-hybridized carbons (Fsp3) is 0.273. The van der Waals surface area contributed by atoms with Gasteiger partial charge in [-0.25, -0.2) is 14.4 Å². The van der Waals surface area contributed by atoms with Crippen LogP contribution in [0.25, 0.3) is 0 Å². The highest BCUT2D eigenvalue weighted by Gasteiger charge is 2.24. The second-order valence-corrected chi connectivity index (χ2v) is 7.22. The highest BCUT2D eigenvalue weighted by molar-refractivity contribution is 6.15. The summed E-state index contributed by atoms with van der Waals surface area (Å²) in [5.74, 6) is -2.67. The second-order valence-electron chi connectivity index (χ2n) is 7.22. The van der Waals surface area contributed by atoms with E-state index in [1.165, 1.54) is 56.7 Å². The van der Waals surface area contributed by atoms with E-state index in [2.05, 4.69) is 9.47 Å². The molecule has 0 bridgehead atoms. The Kier molecular flexibility index (Phi) is 7.07. The van der Waals surface area contributed by atoms with Crippen molar-refractivity contribution in [1.82, 2.24) is 0 Å². The number of ether oxygens (including phenoxy) is 2. The van der Waals surface area contributed by atoms with Crippen molar-refractivity contribution in [1.29, 1.82) is 0 Å². The first-order valence-corrected chi connectivity index (χ1v) is 8.93. The van der Waals surface area contributed by atoms with E-state index in [4.69, 9.17) is 9.78 Å². The van der Waals surface area contributed by atoms with Crippen LogP contribution in [0.2, 0.25) is 0 Å². The molecule has 0 saturated heterocycles. The summed E-state index contributed by atoms with van der Waals surface area (Å²) >= 11 is 0. The summed E-state index contributed by atoms with van der Waals surface area (Å²) < 4.78 is 9.30. The SMILES string of the molecule is COC(=O)c1ccc(C(=O)c2ccc(C(=O)OC)cc2C(=O)OOC(C)(C)C)cc1. The van der Waals surface area contributed by atoms with E-state index in [1.54, 1.807) is 20.8 Å². The molecule has 0 aliphatic carbocycles. The second kappa shape index (κ2) is 9.32. The number of carbonyl (C=O) groups excluding carboxylic acids is 4. The number of benzene rings is 2. The van der Waals surface area contributed by atoms with Crippen LogP contribution < -0.4 is 0 Å². The van der Waals surface area contributed by atoms with Gasteiger partial charge in [-0.05, 0) is 51.1 Å². The summed E-state index contributed by atoms with van der Waals surface area (Å²) in [5.41, 5.74) is -0.380. The first-order valence-electron chi connectivity index (χ1n) is 8.93. The van der Waals surface area contributed by atoms with Crippen LogP contribution in [0.1, 0.15) is 67.8 Å². The maximum absolute atomic E-state index is 13.0. The number of hydrogen-bond acceptors (Lipinski definition) is 8. The predicted octanol–water partition coefficient (Wildman–Crippen LogP) is 3.38. The van der Waals surface area contributed by atoms with Gasteiger partial charge in [-0.1, -0.05) is 12.1 Å². The van der Waals surface area contributed by atoms with Crippen LogP contribution in [-0.2, 0) is 19.2 Å². The van der Waals surface area contributed by atoms with Gasteiger partial charge in [0.1, 0.15) is 5.60 Å². The molecule has 2 rings (SSSR count). The van der Waals surface area contributed by atoms with Gasteiger partial charge in [-0.3, -0.25) is 9.68 Å². The van der Waals surface area contributed by atoms with Crippen molar-refractivity contribution in [3.05, 3.63) is 70.3 Å². The van der Waals surface area contributed by atoms with Crippen molar-refractivity contribution in [3.63, 3.8) is 0 Å². The Labute approximate surface area is 173 Å². The number of esters is 2. The number of rotatable bonds is 6. The molecule has 0 heterocycles. The van der Waals surface area contributed by atoms with E-state index in [9.17, 15) is 19.2 Å². The number of methoxy groups -OCH3 is 2. The lowest BCUT2D eigenvalue weighted by Crippen LogP contribution is -2.23. The van der Waals surface area contributed by atoms with Gasteiger partial charge in [0.15, 0.2) is 5.78 Å². The van der Waals surface area contributed by atoms with E-state index in [-0.39, 0.29) is 27.8 Å². The van der Waals surface area contributed by atoms with Gasteiger partial charge in [0.05, 0.1) is 30.9 Å². The third-order valence-corrected chi connectivity index (χ3v) is 3.84. The quantitative estimate of drug-likeness (QED) is 0.307. The molecule has 2 aromatic rings. The summed E-state index contributed by atoms with van der Waals surface area (Å²) in [6, 6.07) is 9.63. The standard InChI is InChI=1S/C22H22O8/c1-22(2,3)30-29-21(26)17-12-15(20(25)28-5)10-11-16(17)18(23)13-6-8-14(9-7-13)19(24)27-4/h6-12H,1-5H3. The van der Waals surface area contributed by atoms with Gasteiger partial charge in [-0.15, -0.1) is 0 Å². The number of ketones is 1. The van der Waals surface area contributed by atoms with Gasteiger partial charge in [0.25, 0.3) is 0 Å². The van der Waals surface area contributed by atoms with Gasteiger partial charge in [0, 0.05) is 11.1 Å². The van der Waals surface area contributed by atoms with Crippen LogP contribution in [0.3, 0.4) is 0 Å². The summed E-state index contributed by atoms with van der Waals surface area (Å²) in [6.07, 6.45) is 0. The summed E-state index contributed by atoms with van der Waals surface area (Å²) in [4.78, 5) is 58.9. The van der Waals surface area contributed by atoms with Crippen LogP contribution in [0.5, 0.6) is 0 Å². The lowest BCUT2D eigenvalue weighted by Gasteiger charge is -2.17. The molecule has 0 atom stereocenters. The van der Waals surface area contributed by atoms with Crippen LogP contribution in [0.15, 0.2) is 42.5 Å². The van der Waals surface area contributed by atoms with Crippen LogP contribution >= 0.6 is 0 Å². The van der Waals surface area contributed by atoms with E-state index in [1.807, 2.05) is 0 Å². The molecule has 8 heteroatoms. The van der Waals surface area contributed by atoms with Crippen molar-refractivity contribution < 1.29 is 38.4 Å². The Morgan fingerprint density at radius 3 is 1.70 bits per heavy atom. The topological polar surface area (TPSA) is 105 Å². The largest absolute Gasteiger partial charge is 0.465 e. The van der Waals surface area contributed by atoms with Crippen molar-refractivity contribution in [2.45, 2.75) is 26.4 Å².